The van der Waals surface area contributed by atoms with E-state index in [2.05, 4.69) is 16.0 Å². The molecule has 0 atom stereocenters. The molecule has 0 bridgehead atoms. The Kier molecular flexibility index (Phi) is 8.26. The number of hydrogen-bond acceptors (Lipinski definition) is 3. The lowest BCUT2D eigenvalue weighted by molar-refractivity contribution is -0.141. The number of hydrogen-bond donors (Lipinski definition) is 3. The van der Waals surface area contributed by atoms with E-state index in [1.807, 2.05) is 66.7 Å². The maximum absolute atomic E-state index is 13.6. The van der Waals surface area contributed by atoms with Crippen LogP contribution in [0.25, 0.3) is 11.1 Å². The van der Waals surface area contributed by atoms with Crippen molar-refractivity contribution in [3.8, 4) is 11.1 Å². The SMILES string of the molecule is O=C(NC1CCC(NCCCC2(C(=O)NCC(F)(F)F)c3ccccc3-c3ccccc32)CC1)c1ccccc1. The third-order valence-corrected chi connectivity index (χ3v) is 8.16. The molecule has 2 aliphatic carbocycles. The van der Waals surface area contributed by atoms with E-state index in [9.17, 15) is 22.8 Å². The molecule has 40 heavy (non-hydrogen) atoms. The maximum Gasteiger partial charge on any atom is 0.405 e. The largest absolute Gasteiger partial charge is 0.405 e. The molecule has 8 heteroatoms. The van der Waals surface area contributed by atoms with Gasteiger partial charge in [0.25, 0.3) is 5.91 Å². The van der Waals surface area contributed by atoms with E-state index in [1.54, 1.807) is 12.1 Å². The Labute approximate surface area is 232 Å². The number of carbonyl (C=O) groups excluding carboxylic acids is 2. The lowest BCUT2D eigenvalue weighted by Crippen LogP contribution is -2.47. The van der Waals surface area contributed by atoms with E-state index in [1.165, 1.54) is 0 Å². The second-order valence-electron chi connectivity index (χ2n) is 10.7. The maximum atomic E-state index is 13.6. The highest BCUT2D eigenvalue weighted by atomic mass is 19.4. The van der Waals surface area contributed by atoms with Crippen molar-refractivity contribution in [2.75, 3.05) is 13.1 Å². The van der Waals surface area contributed by atoms with Crippen LogP contribution in [-0.2, 0) is 10.2 Å². The van der Waals surface area contributed by atoms with Gasteiger partial charge in [0, 0.05) is 17.6 Å². The number of rotatable bonds is 9. The van der Waals surface area contributed by atoms with Crippen LogP contribution in [0.1, 0.15) is 60.0 Å². The molecular formula is C32H34F3N3O2. The van der Waals surface area contributed by atoms with E-state index < -0.39 is 24.0 Å². The number of amides is 2. The second kappa shape index (κ2) is 11.8. The molecule has 5 rings (SSSR count). The van der Waals surface area contributed by atoms with Crippen molar-refractivity contribution in [1.82, 2.24) is 16.0 Å². The van der Waals surface area contributed by atoms with E-state index in [0.717, 1.165) is 47.9 Å². The zero-order valence-electron chi connectivity index (χ0n) is 22.3. The molecule has 0 heterocycles. The van der Waals surface area contributed by atoms with Crippen LogP contribution in [0, 0.1) is 0 Å². The first-order chi connectivity index (χ1) is 19.3. The average Bonchev–Trinajstić information content (AvgIpc) is 3.26. The molecule has 0 radical (unpaired) electrons. The van der Waals surface area contributed by atoms with Crippen LogP contribution >= 0.6 is 0 Å². The number of benzene rings is 3. The molecule has 3 aromatic rings. The van der Waals surface area contributed by atoms with Gasteiger partial charge >= 0.3 is 6.18 Å². The van der Waals surface area contributed by atoms with Crippen LogP contribution in [0.4, 0.5) is 13.2 Å². The average molecular weight is 550 g/mol. The first-order valence-electron chi connectivity index (χ1n) is 13.9. The number of carbonyl (C=O) groups is 2. The topological polar surface area (TPSA) is 70.2 Å². The number of alkyl halides is 3. The predicted octanol–water partition coefficient (Wildman–Crippen LogP) is 5.74. The van der Waals surface area contributed by atoms with Gasteiger partial charge in [-0.1, -0.05) is 66.7 Å². The third-order valence-electron chi connectivity index (χ3n) is 8.16. The number of fused-ring (bicyclic) bond motifs is 3. The minimum atomic E-state index is -4.49. The molecular weight excluding hydrogens is 515 g/mol. The van der Waals surface area contributed by atoms with Crippen molar-refractivity contribution in [3.63, 3.8) is 0 Å². The Hall–Kier alpha value is -3.65. The fourth-order valence-electron chi connectivity index (χ4n) is 6.24. The second-order valence-corrected chi connectivity index (χ2v) is 10.7. The van der Waals surface area contributed by atoms with Gasteiger partial charge in [-0.15, -0.1) is 0 Å². The summed E-state index contributed by atoms with van der Waals surface area (Å²) in [5.74, 6) is -0.667. The van der Waals surface area contributed by atoms with Gasteiger partial charge in [-0.25, -0.2) is 0 Å². The molecule has 3 N–H and O–H groups in total. The van der Waals surface area contributed by atoms with Gasteiger partial charge < -0.3 is 16.0 Å². The molecule has 0 aliphatic heterocycles. The van der Waals surface area contributed by atoms with Gasteiger partial charge in [-0.3, -0.25) is 9.59 Å². The Bertz CT molecular complexity index is 1290. The van der Waals surface area contributed by atoms with Crippen molar-refractivity contribution in [1.29, 1.82) is 0 Å². The molecule has 0 unspecified atom stereocenters. The predicted molar refractivity (Wildman–Crippen MR) is 149 cm³/mol. The minimum absolute atomic E-state index is 0.0526. The van der Waals surface area contributed by atoms with Crippen molar-refractivity contribution in [3.05, 3.63) is 95.6 Å². The summed E-state index contributed by atoms with van der Waals surface area (Å²) in [4.78, 5) is 26.1. The lowest BCUT2D eigenvalue weighted by Gasteiger charge is -2.32. The summed E-state index contributed by atoms with van der Waals surface area (Å²) in [6.07, 6.45) is 0.106. The quantitative estimate of drug-likeness (QED) is 0.298. The lowest BCUT2D eigenvalue weighted by atomic mass is 9.73. The Morgan fingerprint density at radius 3 is 1.93 bits per heavy atom. The zero-order valence-corrected chi connectivity index (χ0v) is 22.3. The highest BCUT2D eigenvalue weighted by molar-refractivity contribution is 6.00. The Balaban J connectivity index is 1.21. The normalized spacial score (nSPS) is 19.4. The third kappa shape index (κ3) is 5.92. The summed E-state index contributed by atoms with van der Waals surface area (Å²) in [6, 6.07) is 24.7. The molecule has 0 spiro atoms. The van der Waals surface area contributed by atoms with E-state index in [4.69, 9.17) is 0 Å². The van der Waals surface area contributed by atoms with Crippen molar-refractivity contribution >= 4 is 11.8 Å². The first kappa shape index (κ1) is 27.9. The van der Waals surface area contributed by atoms with Crippen molar-refractivity contribution in [2.24, 2.45) is 0 Å². The summed E-state index contributed by atoms with van der Waals surface area (Å²) in [6.45, 7) is -0.718. The number of nitrogens with one attached hydrogen (secondary N) is 3. The fourth-order valence-corrected chi connectivity index (χ4v) is 6.24. The van der Waals surface area contributed by atoms with Gasteiger partial charge in [0.05, 0.1) is 0 Å². The fraction of sp³-hybridized carbons (Fsp3) is 0.375. The standard InChI is InChI=1S/C32H34F3N3O2/c33-32(34,35)21-37-30(40)31(27-13-6-4-11-25(27)26-12-5-7-14-28(26)31)19-8-20-36-23-15-17-24(18-16-23)38-29(39)22-9-2-1-3-10-22/h1-7,9-14,23-24,36H,8,15-21H2,(H,37,40)(H,38,39). The van der Waals surface area contributed by atoms with Crippen LogP contribution in [0.15, 0.2) is 78.9 Å². The summed E-state index contributed by atoms with van der Waals surface area (Å²) >= 11 is 0. The molecule has 5 nitrogen and oxygen atoms in total. The Morgan fingerprint density at radius 2 is 1.32 bits per heavy atom. The summed E-state index contributed by atoms with van der Waals surface area (Å²) in [7, 11) is 0. The van der Waals surface area contributed by atoms with Crippen LogP contribution in [0.5, 0.6) is 0 Å². The highest BCUT2D eigenvalue weighted by Gasteiger charge is 2.49. The van der Waals surface area contributed by atoms with E-state index in [0.29, 0.717) is 31.0 Å². The van der Waals surface area contributed by atoms with Gasteiger partial charge in [0.2, 0.25) is 5.91 Å². The molecule has 2 aliphatic rings. The van der Waals surface area contributed by atoms with Gasteiger partial charge in [0.1, 0.15) is 12.0 Å². The van der Waals surface area contributed by atoms with Crippen LogP contribution in [0.3, 0.4) is 0 Å². The molecule has 2 amide bonds. The van der Waals surface area contributed by atoms with Gasteiger partial charge in [0.15, 0.2) is 0 Å². The molecule has 3 aromatic carbocycles. The van der Waals surface area contributed by atoms with Crippen LogP contribution < -0.4 is 16.0 Å². The van der Waals surface area contributed by atoms with E-state index >= 15 is 0 Å². The monoisotopic (exact) mass is 549 g/mol. The minimum Gasteiger partial charge on any atom is -0.349 e. The summed E-state index contributed by atoms with van der Waals surface area (Å²) in [5, 5.41) is 8.91. The molecule has 210 valence electrons. The number of halogens is 3. The summed E-state index contributed by atoms with van der Waals surface area (Å²) in [5.41, 5.74) is 2.77. The van der Waals surface area contributed by atoms with E-state index in [-0.39, 0.29) is 11.9 Å². The van der Waals surface area contributed by atoms with Gasteiger partial charge in [-0.2, -0.15) is 13.2 Å². The molecule has 0 saturated heterocycles. The Morgan fingerprint density at radius 1 is 0.775 bits per heavy atom. The molecule has 1 fully saturated rings. The first-order valence-corrected chi connectivity index (χ1v) is 13.9. The zero-order chi connectivity index (χ0) is 28.2. The van der Waals surface area contributed by atoms with Crippen LogP contribution in [0.2, 0.25) is 0 Å². The molecule has 0 aromatic heterocycles. The van der Waals surface area contributed by atoms with Crippen molar-refractivity contribution < 1.29 is 22.8 Å². The molecule has 1 saturated carbocycles. The van der Waals surface area contributed by atoms with Crippen LogP contribution in [-0.4, -0.2) is 43.2 Å². The van der Waals surface area contributed by atoms with Gasteiger partial charge in [-0.05, 0) is 79.5 Å². The highest BCUT2D eigenvalue weighted by Crippen LogP contribution is 2.51. The van der Waals surface area contributed by atoms with Crippen molar-refractivity contribution in [2.45, 2.75) is 62.2 Å². The smallest absolute Gasteiger partial charge is 0.349 e. The summed E-state index contributed by atoms with van der Waals surface area (Å²) < 4.78 is 39.2.